The molecule has 0 saturated heterocycles. The van der Waals surface area contributed by atoms with Crippen molar-refractivity contribution in [3.05, 3.63) is 23.8 Å². The molecule has 0 heterocycles. The second-order valence-corrected chi connectivity index (χ2v) is 8.29. The lowest BCUT2D eigenvalue weighted by atomic mass is 10.0. The van der Waals surface area contributed by atoms with Crippen LogP contribution in [-0.4, -0.2) is 42.0 Å². The minimum Gasteiger partial charge on any atom is -0.365 e. The highest BCUT2D eigenvalue weighted by atomic mass is 19.4. The lowest BCUT2D eigenvalue weighted by molar-refractivity contribution is -0.255. The van der Waals surface area contributed by atoms with E-state index in [1.165, 1.54) is 6.07 Å². The second kappa shape index (κ2) is 8.88. The zero-order valence-corrected chi connectivity index (χ0v) is 18.2. The van der Waals surface area contributed by atoms with E-state index in [2.05, 4.69) is 0 Å². The second-order valence-electron chi connectivity index (χ2n) is 8.29. The molecule has 29 heavy (non-hydrogen) atoms. The molecule has 1 aromatic rings. The number of rotatable bonds is 8. The first-order chi connectivity index (χ1) is 13.0. The summed E-state index contributed by atoms with van der Waals surface area (Å²) < 4.78 is 65.5. The fourth-order valence-corrected chi connectivity index (χ4v) is 3.71. The molecule has 3 nitrogen and oxygen atoms in total. The standard InChI is InChI=1S/C21H31F5N2O/c1-12(2)27(13(3)4)17-10-9-16(19(29)20(22,23)21(24,25)26)11-18(17)28(14(5)6)15(7)8/h9-15H,1-8H3. The summed E-state index contributed by atoms with van der Waals surface area (Å²) >= 11 is 0. The van der Waals surface area contributed by atoms with E-state index in [4.69, 9.17) is 0 Å². The zero-order chi connectivity index (χ0) is 22.9. The van der Waals surface area contributed by atoms with E-state index in [0.717, 1.165) is 12.1 Å². The smallest absolute Gasteiger partial charge is 0.365 e. The molecule has 0 bridgehead atoms. The molecule has 0 spiro atoms. The van der Waals surface area contributed by atoms with E-state index in [0.29, 0.717) is 11.4 Å². The summed E-state index contributed by atoms with van der Waals surface area (Å²) in [5.41, 5.74) is 0.482. The van der Waals surface area contributed by atoms with Crippen molar-refractivity contribution < 1.29 is 26.7 Å². The molecule has 0 radical (unpaired) electrons. The van der Waals surface area contributed by atoms with Gasteiger partial charge in [0.25, 0.3) is 0 Å². The van der Waals surface area contributed by atoms with Gasteiger partial charge in [0, 0.05) is 29.7 Å². The van der Waals surface area contributed by atoms with Gasteiger partial charge in [-0.2, -0.15) is 22.0 Å². The maximum atomic E-state index is 13.7. The quantitative estimate of drug-likeness (QED) is 0.362. The fourth-order valence-electron chi connectivity index (χ4n) is 3.71. The maximum absolute atomic E-state index is 13.7. The Kier molecular flexibility index (Phi) is 7.71. The van der Waals surface area contributed by atoms with Crippen molar-refractivity contribution in [1.29, 1.82) is 0 Å². The van der Waals surface area contributed by atoms with Crippen LogP contribution in [0.25, 0.3) is 0 Å². The van der Waals surface area contributed by atoms with E-state index in [9.17, 15) is 26.7 Å². The Bertz CT molecular complexity index is 696. The van der Waals surface area contributed by atoms with Gasteiger partial charge in [-0.15, -0.1) is 0 Å². The number of anilines is 2. The lowest BCUT2D eigenvalue weighted by Crippen LogP contribution is -2.44. The molecule has 166 valence electrons. The maximum Gasteiger partial charge on any atom is 0.461 e. The Labute approximate surface area is 169 Å². The Balaban J connectivity index is 3.74. The molecule has 0 fully saturated rings. The minimum atomic E-state index is -5.94. The molecule has 8 heteroatoms. The highest BCUT2D eigenvalue weighted by Gasteiger charge is 2.63. The number of nitrogens with zero attached hydrogens (tertiary/aromatic N) is 2. The Morgan fingerprint density at radius 2 is 1.10 bits per heavy atom. The van der Waals surface area contributed by atoms with Crippen LogP contribution in [0.1, 0.15) is 65.7 Å². The molecule has 0 aliphatic carbocycles. The van der Waals surface area contributed by atoms with Gasteiger partial charge >= 0.3 is 12.1 Å². The molecule has 1 rings (SSSR count). The van der Waals surface area contributed by atoms with Gasteiger partial charge in [0.15, 0.2) is 0 Å². The number of carbonyl (C=O) groups excluding carboxylic acids is 1. The van der Waals surface area contributed by atoms with Crippen LogP contribution in [0.2, 0.25) is 0 Å². The average molecular weight is 422 g/mol. The van der Waals surface area contributed by atoms with Gasteiger partial charge in [0.2, 0.25) is 5.78 Å². The Morgan fingerprint density at radius 3 is 1.45 bits per heavy atom. The van der Waals surface area contributed by atoms with Gasteiger partial charge in [-0.25, -0.2) is 0 Å². The molecule has 1 aromatic carbocycles. The first kappa shape index (κ1) is 25.2. The summed E-state index contributed by atoms with van der Waals surface area (Å²) in [4.78, 5) is 16.0. The van der Waals surface area contributed by atoms with Crippen LogP contribution in [-0.2, 0) is 0 Å². The molecule has 0 aliphatic heterocycles. The molecule has 0 unspecified atom stereocenters. The summed E-state index contributed by atoms with van der Waals surface area (Å²) in [5.74, 6) is -7.69. The van der Waals surface area contributed by atoms with Crippen molar-refractivity contribution >= 4 is 17.2 Å². The van der Waals surface area contributed by atoms with E-state index < -0.39 is 23.4 Å². The molecular formula is C21H31F5N2O. The molecular weight excluding hydrogens is 391 g/mol. The predicted molar refractivity (Wildman–Crippen MR) is 107 cm³/mol. The average Bonchev–Trinajstić information content (AvgIpc) is 2.53. The van der Waals surface area contributed by atoms with Gasteiger partial charge in [0.05, 0.1) is 11.4 Å². The normalized spacial score (nSPS) is 13.0. The van der Waals surface area contributed by atoms with E-state index >= 15 is 0 Å². The van der Waals surface area contributed by atoms with Crippen molar-refractivity contribution in [2.24, 2.45) is 0 Å². The van der Waals surface area contributed by atoms with Crippen LogP contribution in [0.4, 0.5) is 33.3 Å². The summed E-state index contributed by atoms with van der Waals surface area (Å²) in [7, 11) is 0. The van der Waals surface area contributed by atoms with Crippen LogP contribution in [0.5, 0.6) is 0 Å². The minimum absolute atomic E-state index is 0.0492. The van der Waals surface area contributed by atoms with E-state index in [1.807, 2.05) is 65.2 Å². The van der Waals surface area contributed by atoms with Crippen molar-refractivity contribution in [2.45, 2.75) is 91.7 Å². The highest BCUT2D eigenvalue weighted by Crippen LogP contribution is 2.41. The molecule has 0 atom stereocenters. The highest BCUT2D eigenvalue weighted by molar-refractivity contribution is 6.03. The van der Waals surface area contributed by atoms with Gasteiger partial charge in [-0.05, 0) is 73.6 Å². The van der Waals surface area contributed by atoms with Crippen molar-refractivity contribution in [3.8, 4) is 0 Å². The number of halogens is 5. The van der Waals surface area contributed by atoms with Gasteiger partial charge in [-0.1, -0.05) is 0 Å². The molecule has 0 aromatic heterocycles. The van der Waals surface area contributed by atoms with Crippen LogP contribution in [0.15, 0.2) is 18.2 Å². The number of alkyl halides is 5. The van der Waals surface area contributed by atoms with Crippen molar-refractivity contribution in [3.63, 3.8) is 0 Å². The molecule has 0 saturated carbocycles. The third kappa shape index (κ3) is 5.20. The summed E-state index contributed by atoms with van der Waals surface area (Å²) in [6.07, 6.45) is -5.94. The SMILES string of the molecule is CC(C)N(c1ccc(C(=O)C(F)(F)C(F)(F)F)cc1N(C(C)C)C(C)C)C(C)C. The van der Waals surface area contributed by atoms with Crippen molar-refractivity contribution in [2.75, 3.05) is 9.80 Å². The molecule has 0 aliphatic rings. The van der Waals surface area contributed by atoms with Crippen LogP contribution >= 0.6 is 0 Å². The summed E-state index contributed by atoms with van der Waals surface area (Å²) in [6, 6.07) is 3.65. The Hall–Kier alpha value is -1.86. The summed E-state index contributed by atoms with van der Waals surface area (Å²) in [6.45, 7) is 15.5. The van der Waals surface area contributed by atoms with E-state index in [1.54, 1.807) is 0 Å². The van der Waals surface area contributed by atoms with Gasteiger partial charge in [-0.3, -0.25) is 4.79 Å². The predicted octanol–water partition coefficient (Wildman–Crippen LogP) is 6.31. The number of Topliss-reactive ketones (excluding diaryl/α,β-unsaturated/α-hetero) is 1. The van der Waals surface area contributed by atoms with Crippen molar-refractivity contribution in [1.82, 2.24) is 0 Å². The molecule has 0 N–H and O–H groups in total. The number of carbonyl (C=O) groups is 1. The number of ketones is 1. The first-order valence-corrected chi connectivity index (χ1v) is 9.74. The largest absolute Gasteiger partial charge is 0.461 e. The topological polar surface area (TPSA) is 23.6 Å². The Morgan fingerprint density at radius 1 is 0.724 bits per heavy atom. The third-order valence-electron chi connectivity index (χ3n) is 4.66. The van der Waals surface area contributed by atoms with Crippen LogP contribution in [0.3, 0.4) is 0 Å². The number of hydrogen-bond acceptors (Lipinski definition) is 3. The van der Waals surface area contributed by atoms with Gasteiger partial charge < -0.3 is 9.80 Å². The number of hydrogen-bond donors (Lipinski definition) is 0. The summed E-state index contributed by atoms with van der Waals surface area (Å²) in [5, 5.41) is 0. The third-order valence-corrected chi connectivity index (χ3v) is 4.66. The lowest BCUT2D eigenvalue weighted by Gasteiger charge is -2.40. The van der Waals surface area contributed by atoms with E-state index in [-0.39, 0.29) is 24.2 Å². The fraction of sp³-hybridized carbons (Fsp3) is 0.667. The number of benzene rings is 1. The monoisotopic (exact) mass is 422 g/mol. The first-order valence-electron chi connectivity index (χ1n) is 9.74. The van der Waals surface area contributed by atoms with Crippen LogP contribution in [0, 0.1) is 0 Å². The van der Waals surface area contributed by atoms with Gasteiger partial charge in [0.1, 0.15) is 0 Å². The molecule has 0 amide bonds. The van der Waals surface area contributed by atoms with Crippen LogP contribution < -0.4 is 9.80 Å². The zero-order valence-electron chi connectivity index (χ0n) is 18.2.